The first-order valence-electron chi connectivity index (χ1n) is 8.27. The highest BCUT2D eigenvalue weighted by atomic mass is 127. The van der Waals surface area contributed by atoms with Crippen LogP contribution in [0.3, 0.4) is 0 Å². The van der Waals surface area contributed by atoms with Gasteiger partial charge in [-0.15, -0.1) is 0 Å². The van der Waals surface area contributed by atoms with Crippen molar-refractivity contribution in [2.24, 2.45) is 7.05 Å². The van der Waals surface area contributed by atoms with E-state index in [9.17, 15) is 0 Å². The van der Waals surface area contributed by atoms with Crippen LogP contribution in [-0.4, -0.2) is 37.9 Å². The largest absolute Gasteiger partial charge is 0.388 e. The van der Waals surface area contributed by atoms with Crippen molar-refractivity contribution < 1.29 is 4.74 Å². The third kappa shape index (κ3) is 3.01. The van der Waals surface area contributed by atoms with Crippen LogP contribution in [-0.2, 0) is 11.8 Å². The third-order valence-corrected chi connectivity index (χ3v) is 6.10. The van der Waals surface area contributed by atoms with Crippen molar-refractivity contribution in [3.8, 4) is 11.3 Å². The molecule has 0 amide bonds. The molecule has 27 heavy (non-hydrogen) atoms. The fraction of sp³-hybridized carbons (Fsp3) is 0.158. The maximum atomic E-state index is 4.68. The van der Waals surface area contributed by atoms with E-state index in [0.29, 0.717) is 0 Å². The summed E-state index contributed by atoms with van der Waals surface area (Å²) in [5.74, 6) is 0. The van der Waals surface area contributed by atoms with E-state index in [-0.39, 0.29) is 0 Å². The molecule has 0 saturated carbocycles. The third-order valence-electron chi connectivity index (χ3n) is 4.42. The van der Waals surface area contributed by atoms with E-state index < -0.39 is 0 Å². The molecule has 0 spiro atoms. The van der Waals surface area contributed by atoms with E-state index in [0.717, 1.165) is 33.1 Å². The zero-order valence-electron chi connectivity index (χ0n) is 15.1. The van der Waals surface area contributed by atoms with Crippen LogP contribution in [0.15, 0.2) is 48.9 Å². The zero-order chi connectivity index (χ0) is 19.0. The summed E-state index contributed by atoms with van der Waals surface area (Å²) in [7, 11) is 6.86. The number of hydrogen-bond acceptors (Lipinski definition) is 4. The second-order valence-corrected chi connectivity index (χ2v) is 7.80. The van der Waals surface area contributed by atoms with Crippen molar-refractivity contribution in [2.75, 3.05) is 14.2 Å². The number of methoxy groups -OCH3 is 1. The van der Waals surface area contributed by atoms with Crippen LogP contribution < -0.4 is 0 Å². The molecule has 0 fully saturated rings. The van der Waals surface area contributed by atoms with Gasteiger partial charge in [0, 0.05) is 91.2 Å². The summed E-state index contributed by atoms with van der Waals surface area (Å²) in [5.41, 5.74) is 5.55. The summed E-state index contributed by atoms with van der Waals surface area (Å²) >= 11 is 2.31. The lowest BCUT2D eigenvalue weighted by atomic mass is 10.1. The quantitative estimate of drug-likeness (QED) is 0.346. The van der Waals surface area contributed by atoms with Gasteiger partial charge in [-0.3, -0.25) is 8.65 Å². The van der Waals surface area contributed by atoms with Crippen LogP contribution in [0.25, 0.3) is 44.1 Å². The van der Waals surface area contributed by atoms with Crippen molar-refractivity contribution in [1.29, 1.82) is 0 Å². The van der Waals surface area contributed by atoms with Gasteiger partial charge in [-0.25, -0.2) is 4.98 Å². The fourth-order valence-corrected chi connectivity index (χ4v) is 4.96. The maximum Gasteiger partial charge on any atom is 0.153 e. The van der Waals surface area contributed by atoms with Gasteiger partial charge in [0.2, 0.25) is 0 Å². The van der Waals surface area contributed by atoms with Gasteiger partial charge in [0.05, 0.1) is 17.4 Å². The molecule has 5 rings (SSSR count). The van der Waals surface area contributed by atoms with Crippen LogP contribution >= 0.6 is 30.3 Å². The van der Waals surface area contributed by atoms with Gasteiger partial charge >= 0.3 is 0 Å². The van der Waals surface area contributed by atoms with Gasteiger partial charge in [-0.1, -0.05) is 18.2 Å². The molecule has 138 valence electrons. The number of fused-ring (bicyclic) bond motifs is 4. The number of aromatic nitrogens is 5. The molecule has 6 nitrogen and oxygen atoms in total. The van der Waals surface area contributed by atoms with E-state index in [1.807, 2.05) is 30.2 Å². The van der Waals surface area contributed by atoms with Crippen LogP contribution in [0.1, 0.15) is 0 Å². The number of rotatable bonds is 2. The normalized spacial score (nSPS) is 11.3. The van der Waals surface area contributed by atoms with Gasteiger partial charge < -0.3 is 9.72 Å². The molecule has 0 unspecified atom stereocenters. The molecule has 0 radical (unpaired) electrons. The lowest BCUT2D eigenvalue weighted by Crippen LogP contribution is -1.91. The molecule has 1 N–H and O–H groups in total. The van der Waals surface area contributed by atoms with Gasteiger partial charge in [0.25, 0.3) is 0 Å². The number of hydrogen-bond donors (Lipinski definition) is 1. The fourth-order valence-electron chi connectivity index (χ4n) is 3.33. The SMILES string of the molecule is COC.Cn1ncc2cnc3c(cc(-c4c[nH]c5ccccc45)n3SI)c21. The smallest absolute Gasteiger partial charge is 0.153 e. The highest BCUT2D eigenvalue weighted by Gasteiger charge is 2.18. The van der Waals surface area contributed by atoms with Crippen molar-refractivity contribution >= 4 is 63.2 Å². The molecule has 0 aliphatic carbocycles. The predicted molar refractivity (Wildman–Crippen MR) is 121 cm³/mol. The first-order valence-corrected chi connectivity index (χ1v) is 11.6. The summed E-state index contributed by atoms with van der Waals surface area (Å²) < 4.78 is 8.35. The van der Waals surface area contributed by atoms with Gasteiger partial charge in [0.15, 0.2) is 5.65 Å². The first kappa shape index (κ1) is 18.3. The van der Waals surface area contributed by atoms with Gasteiger partial charge in [-0.2, -0.15) is 5.10 Å². The molecular formula is C19H18IN5OS. The molecule has 8 heteroatoms. The number of benzene rings is 1. The number of halogens is 1. The lowest BCUT2D eigenvalue weighted by Gasteiger charge is -2.04. The second kappa shape index (κ2) is 7.53. The number of nitrogens with zero attached hydrogens (tertiary/aromatic N) is 4. The highest BCUT2D eigenvalue weighted by molar-refractivity contribution is 14.2. The molecule has 0 bridgehead atoms. The number of aryl methyl sites for hydroxylation is 1. The Morgan fingerprint density at radius 3 is 2.70 bits per heavy atom. The molecule has 0 aliphatic rings. The number of pyridine rings is 1. The maximum absolute atomic E-state index is 4.68. The Morgan fingerprint density at radius 2 is 1.93 bits per heavy atom. The van der Waals surface area contributed by atoms with Crippen molar-refractivity contribution in [2.45, 2.75) is 0 Å². The van der Waals surface area contributed by atoms with Gasteiger partial charge in [-0.05, 0) is 12.1 Å². The summed E-state index contributed by atoms with van der Waals surface area (Å²) in [6.07, 6.45) is 5.83. The molecule has 4 heterocycles. The van der Waals surface area contributed by atoms with Crippen LogP contribution in [0.4, 0.5) is 0 Å². The zero-order valence-corrected chi connectivity index (χ0v) is 18.1. The van der Waals surface area contributed by atoms with Gasteiger partial charge in [0.1, 0.15) is 0 Å². The number of ether oxygens (including phenoxy) is 1. The molecule has 0 aliphatic heterocycles. The Bertz CT molecular complexity index is 1240. The molecule has 4 aromatic heterocycles. The van der Waals surface area contributed by atoms with E-state index in [4.69, 9.17) is 0 Å². The Morgan fingerprint density at radius 1 is 1.15 bits per heavy atom. The molecule has 5 aromatic rings. The Labute approximate surface area is 172 Å². The van der Waals surface area contributed by atoms with Crippen LogP contribution in [0, 0.1) is 0 Å². The first-order chi connectivity index (χ1) is 13.2. The molecule has 1 aromatic carbocycles. The lowest BCUT2D eigenvalue weighted by molar-refractivity contribution is 0.277. The molecular weight excluding hydrogens is 473 g/mol. The Kier molecular flexibility index (Phi) is 5.11. The predicted octanol–water partition coefficient (Wildman–Crippen LogP) is 5.18. The summed E-state index contributed by atoms with van der Waals surface area (Å²) in [6.45, 7) is 0. The average Bonchev–Trinajstić information content (AvgIpc) is 3.36. The van der Waals surface area contributed by atoms with E-state index in [2.05, 4.69) is 75.4 Å². The van der Waals surface area contributed by atoms with Crippen molar-refractivity contribution in [3.05, 3.63) is 48.9 Å². The van der Waals surface area contributed by atoms with Crippen LogP contribution in [0.5, 0.6) is 0 Å². The highest BCUT2D eigenvalue weighted by Crippen LogP contribution is 2.38. The minimum absolute atomic E-state index is 0.964. The van der Waals surface area contributed by atoms with Crippen LogP contribution in [0.2, 0.25) is 0 Å². The number of para-hydroxylation sites is 1. The summed E-state index contributed by atoms with van der Waals surface area (Å²) in [6, 6.07) is 10.6. The summed E-state index contributed by atoms with van der Waals surface area (Å²) in [4.78, 5) is 8.04. The number of nitrogens with one attached hydrogen (secondary N) is 1. The number of H-pyrrole nitrogens is 1. The summed E-state index contributed by atoms with van der Waals surface area (Å²) in [5, 5.41) is 7.78. The van der Waals surface area contributed by atoms with Crippen molar-refractivity contribution in [1.82, 2.24) is 23.7 Å². The Hall–Kier alpha value is -2.04. The topological polar surface area (TPSA) is 60.7 Å². The minimum atomic E-state index is 0.964. The number of aromatic amines is 1. The molecule has 0 saturated heterocycles. The second-order valence-electron chi connectivity index (χ2n) is 6.12. The Balaban J connectivity index is 0.000000565. The molecule has 0 atom stereocenters. The van der Waals surface area contributed by atoms with E-state index in [1.54, 1.807) is 23.3 Å². The van der Waals surface area contributed by atoms with E-state index >= 15 is 0 Å². The van der Waals surface area contributed by atoms with E-state index in [1.165, 1.54) is 10.9 Å². The average molecular weight is 491 g/mol. The minimum Gasteiger partial charge on any atom is -0.388 e. The van der Waals surface area contributed by atoms with Crippen molar-refractivity contribution in [3.63, 3.8) is 0 Å². The monoisotopic (exact) mass is 491 g/mol. The standard InChI is InChI=1S/C17H12IN5S.C2H6O/c1-22-16-10(8-21-22)7-20-17-12(16)6-15(23(17)24-18)13-9-19-14-5-3-2-4-11(13)14;1-3-2/h2-9,19H,1H3;1-2H3.